The van der Waals surface area contributed by atoms with E-state index < -0.39 is 10.0 Å². The van der Waals surface area contributed by atoms with E-state index in [1.807, 2.05) is 0 Å². The van der Waals surface area contributed by atoms with E-state index in [1.54, 1.807) is 18.2 Å². The molecule has 1 aromatic carbocycles. The Hall–Kier alpha value is -2.19. The second kappa shape index (κ2) is 6.06. The van der Waals surface area contributed by atoms with Gasteiger partial charge in [0.1, 0.15) is 17.3 Å². The van der Waals surface area contributed by atoms with E-state index >= 15 is 0 Å². The number of anilines is 1. The van der Waals surface area contributed by atoms with Crippen molar-refractivity contribution in [2.75, 3.05) is 18.9 Å². The first-order chi connectivity index (χ1) is 10.00. The summed E-state index contributed by atoms with van der Waals surface area (Å²) in [5, 5.41) is -0.208. The second-order valence-corrected chi connectivity index (χ2v) is 5.71. The molecule has 2 aromatic rings. The summed E-state index contributed by atoms with van der Waals surface area (Å²) < 4.78 is 42.2. The van der Waals surface area contributed by atoms with E-state index in [4.69, 9.17) is 19.6 Å². The van der Waals surface area contributed by atoms with Crippen LogP contribution in [0.15, 0.2) is 39.8 Å². The molecule has 0 saturated carbocycles. The fourth-order valence-corrected chi connectivity index (χ4v) is 2.71. The van der Waals surface area contributed by atoms with Gasteiger partial charge in [0.15, 0.2) is 0 Å². The number of nitrogens with two attached hydrogens (primary N) is 1. The van der Waals surface area contributed by atoms with Crippen molar-refractivity contribution in [2.45, 2.75) is 11.6 Å². The number of nitrogens with one attached hydrogen (secondary N) is 1. The molecule has 2 rings (SSSR count). The van der Waals surface area contributed by atoms with Crippen molar-refractivity contribution < 1.29 is 22.3 Å². The molecule has 0 amide bonds. The average Bonchev–Trinajstić information content (AvgIpc) is 2.97. The predicted octanol–water partition coefficient (Wildman–Crippen LogP) is 1.56. The number of hydrogen-bond acceptors (Lipinski definition) is 6. The lowest BCUT2D eigenvalue weighted by atomic mass is 10.3. The summed E-state index contributed by atoms with van der Waals surface area (Å²) in [6, 6.07) is 7.60. The van der Waals surface area contributed by atoms with Gasteiger partial charge in [0, 0.05) is 6.07 Å². The molecule has 21 heavy (non-hydrogen) atoms. The van der Waals surface area contributed by atoms with Gasteiger partial charge in [0.2, 0.25) is 5.09 Å². The number of benzene rings is 1. The van der Waals surface area contributed by atoms with Crippen LogP contribution in [0.3, 0.4) is 0 Å². The van der Waals surface area contributed by atoms with Crippen LogP contribution in [-0.4, -0.2) is 22.6 Å². The van der Waals surface area contributed by atoms with Crippen LogP contribution in [0, 0.1) is 0 Å². The number of rotatable bonds is 6. The van der Waals surface area contributed by atoms with Crippen molar-refractivity contribution in [2.24, 2.45) is 5.73 Å². The highest BCUT2D eigenvalue weighted by Crippen LogP contribution is 2.31. The molecule has 1 aromatic heterocycles. The minimum Gasteiger partial charge on any atom is -0.497 e. The molecule has 0 aliphatic carbocycles. The zero-order valence-electron chi connectivity index (χ0n) is 11.6. The summed E-state index contributed by atoms with van der Waals surface area (Å²) in [4.78, 5) is 0. The third kappa shape index (κ3) is 3.29. The molecule has 0 radical (unpaired) electrons. The predicted molar refractivity (Wildman–Crippen MR) is 77.0 cm³/mol. The summed E-state index contributed by atoms with van der Waals surface area (Å²) in [5.41, 5.74) is 5.68. The van der Waals surface area contributed by atoms with Crippen LogP contribution in [0.4, 0.5) is 5.69 Å². The van der Waals surface area contributed by atoms with Crippen LogP contribution in [0.2, 0.25) is 0 Å². The highest BCUT2D eigenvalue weighted by atomic mass is 32.2. The van der Waals surface area contributed by atoms with Crippen molar-refractivity contribution in [3.8, 4) is 11.5 Å². The highest BCUT2D eigenvalue weighted by molar-refractivity contribution is 7.92. The number of sulfonamides is 1. The Morgan fingerprint density at radius 3 is 2.52 bits per heavy atom. The molecule has 0 aliphatic rings. The lowest BCUT2D eigenvalue weighted by Gasteiger charge is -2.11. The summed E-state index contributed by atoms with van der Waals surface area (Å²) >= 11 is 0. The molecule has 1 heterocycles. The zero-order valence-corrected chi connectivity index (χ0v) is 12.4. The second-order valence-electron chi connectivity index (χ2n) is 4.10. The molecule has 0 saturated heterocycles. The van der Waals surface area contributed by atoms with Crippen LogP contribution in [0.5, 0.6) is 11.5 Å². The number of hydrogen-bond donors (Lipinski definition) is 2. The summed E-state index contributed by atoms with van der Waals surface area (Å²) in [6.07, 6.45) is 0. The fourth-order valence-electron chi connectivity index (χ4n) is 1.69. The molecule has 0 fully saturated rings. The molecule has 8 heteroatoms. The normalized spacial score (nSPS) is 11.2. The first-order valence-electron chi connectivity index (χ1n) is 6.04. The van der Waals surface area contributed by atoms with Gasteiger partial charge in [-0.15, -0.1) is 0 Å². The molecule has 7 nitrogen and oxygen atoms in total. The van der Waals surface area contributed by atoms with Crippen LogP contribution >= 0.6 is 0 Å². The van der Waals surface area contributed by atoms with E-state index in [9.17, 15) is 8.42 Å². The molecule has 0 unspecified atom stereocenters. The monoisotopic (exact) mass is 312 g/mol. The Morgan fingerprint density at radius 1 is 1.19 bits per heavy atom. The summed E-state index contributed by atoms with van der Waals surface area (Å²) in [5.74, 6) is 1.28. The topological polar surface area (TPSA) is 104 Å². The van der Waals surface area contributed by atoms with E-state index in [1.165, 1.54) is 26.4 Å². The van der Waals surface area contributed by atoms with E-state index in [-0.39, 0.29) is 17.3 Å². The number of methoxy groups -OCH3 is 2. The highest BCUT2D eigenvalue weighted by Gasteiger charge is 2.20. The molecular weight excluding hydrogens is 296 g/mol. The molecule has 0 aliphatic heterocycles. The third-order valence-electron chi connectivity index (χ3n) is 2.76. The van der Waals surface area contributed by atoms with Crippen LogP contribution in [0.1, 0.15) is 5.76 Å². The Bertz CT molecular complexity index is 724. The molecule has 0 spiro atoms. The maximum absolute atomic E-state index is 12.2. The van der Waals surface area contributed by atoms with Gasteiger partial charge >= 0.3 is 0 Å². The van der Waals surface area contributed by atoms with Crippen LogP contribution in [0.25, 0.3) is 0 Å². The smallest absolute Gasteiger partial charge is 0.295 e. The first kappa shape index (κ1) is 15.2. The maximum atomic E-state index is 12.2. The van der Waals surface area contributed by atoms with Gasteiger partial charge < -0.3 is 19.6 Å². The van der Waals surface area contributed by atoms with Crippen molar-refractivity contribution in [1.82, 2.24) is 0 Å². The van der Waals surface area contributed by atoms with Gasteiger partial charge in [-0.05, 0) is 24.3 Å². The van der Waals surface area contributed by atoms with Gasteiger partial charge in [0.25, 0.3) is 10.0 Å². The quantitative estimate of drug-likeness (QED) is 0.839. The van der Waals surface area contributed by atoms with Gasteiger partial charge in [-0.2, -0.15) is 8.42 Å². The standard InChI is InChI=1S/C13H16N2O5S/c1-18-9-3-5-11(12(7-9)19-2)15-21(16,17)13-6-4-10(8-14)20-13/h3-7,15H,8,14H2,1-2H3. The lowest BCUT2D eigenvalue weighted by molar-refractivity contribution is 0.395. The SMILES string of the molecule is COc1ccc(NS(=O)(=O)c2ccc(CN)o2)c(OC)c1. The summed E-state index contributed by atoms with van der Waals surface area (Å²) in [6.45, 7) is 0.126. The van der Waals surface area contributed by atoms with Gasteiger partial charge in [0.05, 0.1) is 26.5 Å². The van der Waals surface area contributed by atoms with Gasteiger partial charge in [-0.25, -0.2) is 0 Å². The molecule has 0 bridgehead atoms. The zero-order chi connectivity index (χ0) is 15.5. The van der Waals surface area contributed by atoms with Crippen molar-refractivity contribution >= 4 is 15.7 Å². The van der Waals surface area contributed by atoms with E-state index in [0.29, 0.717) is 17.3 Å². The van der Waals surface area contributed by atoms with Gasteiger partial charge in [-0.3, -0.25) is 4.72 Å². The Morgan fingerprint density at radius 2 is 1.95 bits per heavy atom. The van der Waals surface area contributed by atoms with Crippen molar-refractivity contribution in [3.05, 3.63) is 36.1 Å². The fraction of sp³-hybridized carbons (Fsp3) is 0.231. The van der Waals surface area contributed by atoms with Crippen LogP contribution in [-0.2, 0) is 16.6 Å². The maximum Gasteiger partial charge on any atom is 0.295 e. The molecular formula is C13H16N2O5S. The number of furan rings is 1. The molecule has 0 atom stereocenters. The third-order valence-corrected chi connectivity index (χ3v) is 3.99. The number of ether oxygens (including phenoxy) is 2. The summed E-state index contributed by atoms with van der Waals surface area (Å²) in [7, 11) is -0.902. The average molecular weight is 312 g/mol. The minimum atomic E-state index is -3.85. The Labute approximate surface area is 122 Å². The van der Waals surface area contributed by atoms with Gasteiger partial charge in [-0.1, -0.05) is 0 Å². The largest absolute Gasteiger partial charge is 0.497 e. The minimum absolute atomic E-state index is 0.126. The Kier molecular flexibility index (Phi) is 4.39. The van der Waals surface area contributed by atoms with Crippen molar-refractivity contribution in [1.29, 1.82) is 0 Å². The van der Waals surface area contributed by atoms with Crippen molar-refractivity contribution in [3.63, 3.8) is 0 Å². The molecule has 114 valence electrons. The first-order valence-corrected chi connectivity index (χ1v) is 7.52. The molecule has 3 N–H and O–H groups in total. The lowest BCUT2D eigenvalue weighted by Crippen LogP contribution is -2.13. The Balaban J connectivity index is 2.32. The van der Waals surface area contributed by atoms with E-state index in [0.717, 1.165) is 0 Å². The van der Waals surface area contributed by atoms with E-state index in [2.05, 4.69) is 4.72 Å². The van der Waals surface area contributed by atoms with Crippen LogP contribution < -0.4 is 19.9 Å².